The lowest BCUT2D eigenvalue weighted by Crippen LogP contribution is -2.25. The molecule has 0 radical (unpaired) electrons. The van der Waals surface area contributed by atoms with Crippen molar-refractivity contribution in [2.45, 2.75) is 19.1 Å². The van der Waals surface area contributed by atoms with Gasteiger partial charge in [-0.3, -0.25) is 0 Å². The zero-order chi connectivity index (χ0) is 14.5. The molecule has 5 heteroatoms. The molecule has 1 heterocycles. The number of anilines is 1. The topological polar surface area (TPSA) is 68.9 Å². The first-order chi connectivity index (χ1) is 9.61. The maximum Gasteiger partial charge on any atom is 0.144 e. The predicted octanol–water partition coefficient (Wildman–Crippen LogP) is 2.63. The van der Waals surface area contributed by atoms with Gasteiger partial charge in [0.1, 0.15) is 17.7 Å². The summed E-state index contributed by atoms with van der Waals surface area (Å²) < 4.78 is 12.9. The average molecular weight is 271 g/mol. The molecule has 0 saturated carbocycles. The van der Waals surface area contributed by atoms with Crippen LogP contribution in [0.3, 0.4) is 0 Å². The molecule has 4 nitrogen and oxygen atoms in total. The predicted molar refractivity (Wildman–Crippen MR) is 73.4 cm³/mol. The van der Waals surface area contributed by atoms with E-state index in [2.05, 4.69) is 10.3 Å². The van der Waals surface area contributed by atoms with E-state index < -0.39 is 6.10 Å². The summed E-state index contributed by atoms with van der Waals surface area (Å²) in [5.41, 5.74) is 1.01. The molecule has 2 unspecified atom stereocenters. The molecule has 1 aromatic heterocycles. The number of hydrogen-bond donors (Lipinski definition) is 2. The molecule has 0 fully saturated rings. The van der Waals surface area contributed by atoms with E-state index in [1.54, 1.807) is 25.3 Å². The zero-order valence-corrected chi connectivity index (χ0v) is 10.9. The van der Waals surface area contributed by atoms with Gasteiger partial charge in [-0.2, -0.15) is 5.26 Å². The Morgan fingerprint density at radius 3 is 2.65 bits per heavy atom. The minimum Gasteiger partial charge on any atom is -0.386 e. The lowest BCUT2D eigenvalue weighted by Gasteiger charge is -2.21. The van der Waals surface area contributed by atoms with Crippen molar-refractivity contribution in [1.29, 1.82) is 5.26 Å². The summed E-state index contributed by atoms with van der Waals surface area (Å²) in [5.74, 6) is 0.0710. The fraction of sp³-hybridized carbons (Fsp3) is 0.200. The third-order valence-corrected chi connectivity index (χ3v) is 2.98. The van der Waals surface area contributed by atoms with Gasteiger partial charge in [0.2, 0.25) is 0 Å². The van der Waals surface area contributed by atoms with E-state index in [0.717, 1.165) is 0 Å². The Morgan fingerprint density at radius 1 is 1.30 bits per heavy atom. The number of hydrogen-bond acceptors (Lipinski definition) is 4. The minimum absolute atomic E-state index is 0.349. The number of benzene rings is 1. The molecule has 2 rings (SSSR count). The van der Waals surface area contributed by atoms with Crippen LogP contribution in [-0.4, -0.2) is 16.1 Å². The lowest BCUT2D eigenvalue weighted by molar-refractivity contribution is 0.160. The van der Waals surface area contributed by atoms with E-state index in [4.69, 9.17) is 5.26 Å². The van der Waals surface area contributed by atoms with E-state index in [1.165, 1.54) is 24.3 Å². The highest BCUT2D eigenvalue weighted by Crippen LogP contribution is 2.21. The molecule has 0 spiro atoms. The largest absolute Gasteiger partial charge is 0.386 e. The summed E-state index contributed by atoms with van der Waals surface area (Å²) in [5, 5.41) is 22.2. The fourth-order valence-electron chi connectivity index (χ4n) is 1.85. The molecule has 0 aliphatic carbocycles. The van der Waals surface area contributed by atoms with Gasteiger partial charge in [-0.25, -0.2) is 9.37 Å². The van der Waals surface area contributed by atoms with Gasteiger partial charge >= 0.3 is 0 Å². The van der Waals surface area contributed by atoms with Crippen molar-refractivity contribution < 1.29 is 9.50 Å². The van der Waals surface area contributed by atoms with Crippen molar-refractivity contribution in [1.82, 2.24) is 4.98 Å². The van der Waals surface area contributed by atoms with Crippen LogP contribution in [0.2, 0.25) is 0 Å². The molecule has 2 N–H and O–H groups in total. The first kappa shape index (κ1) is 14.0. The van der Waals surface area contributed by atoms with Crippen molar-refractivity contribution in [3.05, 3.63) is 59.5 Å². The smallest absolute Gasteiger partial charge is 0.144 e. The third-order valence-electron chi connectivity index (χ3n) is 2.98. The van der Waals surface area contributed by atoms with Crippen LogP contribution in [0.25, 0.3) is 0 Å². The summed E-state index contributed by atoms with van der Waals surface area (Å²) in [4.78, 5) is 4.07. The highest BCUT2D eigenvalue weighted by molar-refractivity contribution is 5.52. The van der Waals surface area contributed by atoms with Crippen molar-refractivity contribution in [3.63, 3.8) is 0 Å². The van der Waals surface area contributed by atoms with Crippen molar-refractivity contribution in [2.24, 2.45) is 0 Å². The Morgan fingerprint density at radius 2 is 2.00 bits per heavy atom. The maximum absolute atomic E-state index is 12.9. The molecule has 0 amide bonds. The quantitative estimate of drug-likeness (QED) is 0.897. The zero-order valence-electron chi connectivity index (χ0n) is 10.9. The normalized spacial score (nSPS) is 13.3. The Labute approximate surface area is 116 Å². The Kier molecular flexibility index (Phi) is 4.28. The average Bonchev–Trinajstić information content (AvgIpc) is 2.48. The van der Waals surface area contributed by atoms with E-state index in [0.29, 0.717) is 16.9 Å². The number of aromatic nitrogens is 1. The molecule has 1 aromatic carbocycles. The first-order valence-corrected chi connectivity index (χ1v) is 6.17. The third kappa shape index (κ3) is 3.11. The van der Waals surface area contributed by atoms with Gasteiger partial charge in [0.05, 0.1) is 17.7 Å². The molecule has 0 bridgehead atoms. The molecule has 102 valence electrons. The summed E-state index contributed by atoms with van der Waals surface area (Å²) in [7, 11) is 0. The molecular weight excluding hydrogens is 257 g/mol. The number of aliphatic hydroxyl groups excluding tert-OH is 1. The van der Waals surface area contributed by atoms with E-state index >= 15 is 0 Å². The van der Waals surface area contributed by atoms with Crippen LogP contribution in [0.15, 0.2) is 42.6 Å². The van der Waals surface area contributed by atoms with Gasteiger partial charge in [0.15, 0.2) is 0 Å². The number of halogens is 1. The molecular formula is C15H14FN3O. The van der Waals surface area contributed by atoms with Crippen LogP contribution in [0.1, 0.15) is 24.2 Å². The second-order valence-electron chi connectivity index (χ2n) is 4.44. The minimum atomic E-state index is -0.829. The van der Waals surface area contributed by atoms with Crippen LogP contribution in [0.4, 0.5) is 10.2 Å². The number of nitriles is 1. The number of nitrogens with one attached hydrogen (secondary N) is 1. The van der Waals surface area contributed by atoms with Gasteiger partial charge in [-0.1, -0.05) is 12.1 Å². The van der Waals surface area contributed by atoms with E-state index in [-0.39, 0.29) is 11.9 Å². The second-order valence-corrected chi connectivity index (χ2v) is 4.44. The monoisotopic (exact) mass is 271 g/mol. The lowest BCUT2D eigenvalue weighted by atomic mass is 10.0. The van der Waals surface area contributed by atoms with Crippen LogP contribution in [0, 0.1) is 17.1 Å². The second kappa shape index (κ2) is 6.13. The van der Waals surface area contributed by atoms with Gasteiger partial charge < -0.3 is 10.4 Å². The van der Waals surface area contributed by atoms with Crippen LogP contribution < -0.4 is 5.32 Å². The number of nitrogens with zero attached hydrogens (tertiary/aromatic N) is 2. The SMILES string of the molecule is CC(Nc1ncccc1C#N)C(O)c1ccc(F)cc1. The van der Waals surface area contributed by atoms with E-state index in [1.807, 2.05) is 6.07 Å². The number of pyridine rings is 1. The van der Waals surface area contributed by atoms with Crippen LogP contribution in [0.5, 0.6) is 0 Å². The summed E-state index contributed by atoms with van der Waals surface area (Å²) in [6, 6.07) is 10.6. The summed E-state index contributed by atoms with van der Waals surface area (Å²) >= 11 is 0. The maximum atomic E-state index is 12.9. The van der Waals surface area contributed by atoms with Gasteiger partial charge in [-0.05, 0) is 36.8 Å². The van der Waals surface area contributed by atoms with Gasteiger partial charge in [-0.15, -0.1) is 0 Å². The highest BCUT2D eigenvalue weighted by Gasteiger charge is 2.17. The van der Waals surface area contributed by atoms with Crippen LogP contribution >= 0.6 is 0 Å². The van der Waals surface area contributed by atoms with Gasteiger partial charge in [0.25, 0.3) is 0 Å². The summed E-state index contributed by atoms with van der Waals surface area (Å²) in [6.45, 7) is 1.77. The van der Waals surface area contributed by atoms with Crippen molar-refractivity contribution in [2.75, 3.05) is 5.32 Å². The molecule has 0 aliphatic rings. The molecule has 0 aliphatic heterocycles. The molecule has 2 atom stereocenters. The number of rotatable bonds is 4. The Balaban J connectivity index is 2.13. The van der Waals surface area contributed by atoms with Crippen LogP contribution in [-0.2, 0) is 0 Å². The van der Waals surface area contributed by atoms with E-state index in [9.17, 15) is 9.50 Å². The summed E-state index contributed by atoms with van der Waals surface area (Å²) in [6.07, 6.45) is 0.740. The molecule has 2 aromatic rings. The molecule has 20 heavy (non-hydrogen) atoms. The first-order valence-electron chi connectivity index (χ1n) is 6.17. The Bertz CT molecular complexity index is 622. The fourth-order valence-corrected chi connectivity index (χ4v) is 1.85. The standard InChI is InChI=1S/C15H14FN3O/c1-10(14(20)11-4-6-13(16)7-5-11)19-15-12(9-17)3-2-8-18-15/h2-8,10,14,20H,1H3,(H,18,19). The highest BCUT2D eigenvalue weighted by atomic mass is 19.1. The van der Waals surface area contributed by atoms with Crippen molar-refractivity contribution in [3.8, 4) is 6.07 Å². The molecule has 0 saturated heterocycles. The number of aliphatic hydroxyl groups is 1. The Hall–Kier alpha value is -2.45. The van der Waals surface area contributed by atoms with Crippen molar-refractivity contribution >= 4 is 5.82 Å². The van der Waals surface area contributed by atoms with Gasteiger partial charge in [0, 0.05) is 6.20 Å².